The Hall–Kier alpha value is -0.340. The first-order valence-electron chi connectivity index (χ1n) is 8.58. The summed E-state index contributed by atoms with van der Waals surface area (Å²) >= 11 is 3.60. The van der Waals surface area contributed by atoms with Gasteiger partial charge in [-0.2, -0.15) is 0 Å². The molecule has 1 nitrogen and oxygen atoms in total. The summed E-state index contributed by atoms with van der Waals surface area (Å²) in [6.45, 7) is 8.20. The monoisotopic (exact) mass is 351 g/mol. The molecule has 3 unspecified atom stereocenters. The van der Waals surface area contributed by atoms with Gasteiger partial charge in [-0.1, -0.05) is 48.8 Å². The van der Waals surface area contributed by atoms with Gasteiger partial charge in [0.1, 0.15) is 0 Å². The molecule has 1 aromatic carbocycles. The van der Waals surface area contributed by atoms with Gasteiger partial charge in [0, 0.05) is 10.5 Å². The van der Waals surface area contributed by atoms with Crippen LogP contribution in [0.2, 0.25) is 0 Å². The lowest BCUT2D eigenvalue weighted by Crippen LogP contribution is -2.42. The highest BCUT2D eigenvalue weighted by atomic mass is 79.9. The number of benzene rings is 1. The van der Waals surface area contributed by atoms with Crippen LogP contribution in [0, 0.1) is 17.8 Å². The zero-order valence-electron chi connectivity index (χ0n) is 13.7. The predicted octanol–water partition coefficient (Wildman–Crippen LogP) is 5.43. The van der Waals surface area contributed by atoms with Gasteiger partial charge in [0.05, 0.1) is 0 Å². The quantitative estimate of drug-likeness (QED) is 0.720. The van der Waals surface area contributed by atoms with E-state index in [-0.39, 0.29) is 0 Å². The molecule has 2 heteroatoms. The summed E-state index contributed by atoms with van der Waals surface area (Å²) in [4.78, 5) is 0. The average Bonchev–Trinajstić information content (AvgIpc) is 2.46. The normalized spacial score (nSPS) is 26.2. The maximum Gasteiger partial charge on any atom is 0.0177 e. The van der Waals surface area contributed by atoms with Crippen molar-refractivity contribution in [2.45, 2.75) is 58.9 Å². The molecular weight excluding hydrogens is 322 g/mol. The van der Waals surface area contributed by atoms with Crippen LogP contribution in [0.5, 0.6) is 0 Å². The fourth-order valence-electron chi connectivity index (χ4n) is 3.70. The molecule has 0 saturated heterocycles. The predicted molar refractivity (Wildman–Crippen MR) is 95.6 cm³/mol. The minimum absolute atomic E-state index is 0.707. The van der Waals surface area contributed by atoms with Gasteiger partial charge in [-0.15, -0.1) is 0 Å². The van der Waals surface area contributed by atoms with Crippen molar-refractivity contribution < 1.29 is 0 Å². The fourth-order valence-corrected chi connectivity index (χ4v) is 4.14. The van der Waals surface area contributed by atoms with Crippen molar-refractivity contribution >= 4 is 15.9 Å². The van der Waals surface area contributed by atoms with Crippen LogP contribution in [0.3, 0.4) is 0 Å². The van der Waals surface area contributed by atoms with Gasteiger partial charge in [0.25, 0.3) is 0 Å². The van der Waals surface area contributed by atoms with Crippen LogP contribution in [-0.2, 0) is 6.42 Å². The summed E-state index contributed by atoms with van der Waals surface area (Å²) in [6, 6.07) is 9.56. The lowest BCUT2D eigenvalue weighted by Gasteiger charge is -2.38. The first kappa shape index (κ1) is 17.0. The van der Waals surface area contributed by atoms with Crippen LogP contribution < -0.4 is 5.32 Å². The smallest absolute Gasteiger partial charge is 0.0177 e. The highest BCUT2D eigenvalue weighted by molar-refractivity contribution is 9.10. The number of nitrogens with one attached hydrogen (secondary N) is 1. The minimum atomic E-state index is 0.707. The number of hydrogen-bond donors (Lipinski definition) is 1. The summed E-state index contributed by atoms with van der Waals surface area (Å²) in [5, 5.41) is 3.80. The third kappa shape index (κ3) is 5.10. The molecule has 0 radical (unpaired) electrons. The van der Waals surface area contributed by atoms with E-state index in [2.05, 4.69) is 66.3 Å². The van der Waals surface area contributed by atoms with E-state index < -0.39 is 0 Å². The lowest BCUT2D eigenvalue weighted by molar-refractivity contribution is 0.167. The highest BCUT2D eigenvalue weighted by Gasteiger charge is 2.31. The van der Waals surface area contributed by atoms with Crippen LogP contribution in [0.15, 0.2) is 28.7 Å². The second-order valence-electron chi connectivity index (χ2n) is 6.97. The molecule has 3 atom stereocenters. The molecule has 1 aliphatic carbocycles. The van der Waals surface area contributed by atoms with Gasteiger partial charge in [0.15, 0.2) is 0 Å². The number of hydrogen-bond acceptors (Lipinski definition) is 1. The Morgan fingerprint density at radius 1 is 1.29 bits per heavy atom. The van der Waals surface area contributed by atoms with Gasteiger partial charge in [-0.25, -0.2) is 0 Å². The van der Waals surface area contributed by atoms with E-state index in [0.29, 0.717) is 6.04 Å². The Labute approximate surface area is 139 Å². The molecule has 1 aliphatic rings. The zero-order valence-corrected chi connectivity index (χ0v) is 15.3. The van der Waals surface area contributed by atoms with E-state index in [4.69, 9.17) is 0 Å². The van der Waals surface area contributed by atoms with E-state index in [0.717, 1.165) is 24.3 Å². The second kappa shape index (κ2) is 8.33. The zero-order chi connectivity index (χ0) is 15.2. The third-order valence-corrected chi connectivity index (χ3v) is 5.50. The van der Waals surface area contributed by atoms with Crippen molar-refractivity contribution in [3.63, 3.8) is 0 Å². The van der Waals surface area contributed by atoms with Gasteiger partial charge in [-0.05, 0) is 74.1 Å². The highest BCUT2D eigenvalue weighted by Crippen LogP contribution is 2.36. The molecule has 2 rings (SSSR count). The molecule has 21 heavy (non-hydrogen) atoms. The fraction of sp³-hybridized carbons (Fsp3) is 0.684. The topological polar surface area (TPSA) is 12.0 Å². The van der Waals surface area contributed by atoms with E-state index in [1.807, 2.05) is 0 Å². The second-order valence-corrected chi connectivity index (χ2v) is 7.89. The molecule has 0 aliphatic heterocycles. The summed E-state index contributed by atoms with van der Waals surface area (Å²) in [5.41, 5.74) is 1.47. The van der Waals surface area contributed by atoms with Gasteiger partial charge < -0.3 is 5.32 Å². The maximum absolute atomic E-state index is 3.80. The van der Waals surface area contributed by atoms with Crippen LogP contribution in [0.25, 0.3) is 0 Å². The van der Waals surface area contributed by atoms with Gasteiger partial charge in [-0.3, -0.25) is 0 Å². The molecule has 1 fully saturated rings. The molecule has 0 spiro atoms. The summed E-state index contributed by atoms with van der Waals surface area (Å²) in [7, 11) is 0. The largest absolute Gasteiger partial charge is 0.314 e. The molecular formula is C19H30BrN. The first-order chi connectivity index (χ1) is 10.1. The standard InChI is InChI=1S/C19H30BrN/c1-4-10-21-19-9-8-16(14(2)3)13-17(19)11-15-6-5-7-18(20)12-15/h5-7,12,14,16-17,19,21H,4,8-11,13H2,1-3H3. The Morgan fingerprint density at radius 2 is 2.10 bits per heavy atom. The van der Waals surface area contributed by atoms with Crippen molar-refractivity contribution in [1.82, 2.24) is 5.32 Å². The van der Waals surface area contributed by atoms with Crippen molar-refractivity contribution in [3.8, 4) is 0 Å². The molecule has 0 amide bonds. The van der Waals surface area contributed by atoms with E-state index >= 15 is 0 Å². The van der Waals surface area contributed by atoms with Crippen LogP contribution in [0.1, 0.15) is 52.0 Å². The van der Waals surface area contributed by atoms with Crippen molar-refractivity contribution in [2.75, 3.05) is 6.54 Å². The van der Waals surface area contributed by atoms with Gasteiger partial charge >= 0.3 is 0 Å². The minimum Gasteiger partial charge on any atom is -0.314 e. The number of halogens is 1. The van der Waals surface area contributed by atoms with Crippen LogP contribution in [0.4, 0.5) is 0 Å². The summed E-state index contributed by atoms with van der Waals surface area (Å²) < 4.78 is 1.20. The van der Waals surface area contributed by atoms with Crippen LogP contribution in [-0.4, -0.2) is 12.6 Å². The molecule has 1 saturated carbocycles. The lowest BCUT2D eigenvalue weighted by atomic mass is 9.71. The molecule has 1 N–H and O–H groups in total. The number of rotatable bonds is 6. The average molecular weight is 352 g/mol. The Morgan fingerprint density at radius 3 is 2.76 bits per heavy atom. The van der Waals surface area contributed by atoms with E-state index in [1.54, 1.807) is 0 Å². The molecule has 0 aromatic heterocycles. The Balaban J connectivity index is 2.05. The first-order valence-corrected chi connectivity index (χ1v) is 9.37. The SMILES string of the molecule is CCCNC1CCC(C(C)C)CC1Cc1cccc(Br)c1. The molecule has 0 bridgehead atoms. The Bertz CT molecular complexity index is 429. The molecule has 0 heterocycles. The van der Waals surface area contributed by atoms with Gasteiger partial charge in [0.2, 0.25) is 0 Å². The van der Waals surface area contributed by atoms with Crippen molar-refractivity contribution in [1.29, 1.82) is 0 Å². The van der Waals surface area contributed by atoms with Crippen molar-refractivity contribution in [2.24, 2.45) is 17.8 Å². The van der Waals surface area contributed by atoms with Crippen molar-refractivity contribution in [3.05, 3.63) is 34.3 Å². The Kier molecular flexibility index (Phi) is 6.75. The van der Waals surface area contributed by atoms with E-state index in [9.17, 15) is 0 Å². The third-order valence-electron chi connectivity index (χ3n) is 5.01. The summed E-state index contributed by atoms with van der Waals surface area (Å²) in [5.74, 6) is 2.51. The summed E-state index contributed by atoms with van der Waals surface area (Å²) in [6.07, 6.45) is 6.57. The molecule has 1 aromatic rings. The van der Waals surface area contributed by atoms with Crippen LogP contribution >= 0.6 is 15.9 Å². The molecule has 118 valence electrons. The van der Waals surface area contributed by atoms with E-state index in [1.165, 1.54) is 42.1 Å². The maximum atomic E-state index is 3.80.